The first-order valence-electron chi connectivity index (χ1n) is 7.94. The number of amides is 1. The average Bonchev–Trinajstić information content (AvgIpc) is 3.01. The van der Waals surface area contributed by atoms with E-state index in [1.54, 1.807) is 0 Å². The number of hydrogen-bond donors (Lipinski definition) is 2. The molecule has 3 rings (SSSR count). The van der Waals surface area contributed by atoms with Crippen LogP contribution in [0.25, 0.3) is 0 Å². The van der Waals surface area contributed by atoms with Crippen molar-refractivity contribution >= 4 is 5.91 Å². The molecule has 2 heterocycles. The third-order valence-electron chi connectivity index (χ3n) is 4.66. The molecule has 4 nitrogen and oxygen atoms in total. The van der Waals surface area contributed by atoms with Gasteiger partial charge in [0.15, 0.2) is 0 Å². The lowest BCUT2D eigenvalue weighted by atomic mass is 9.85. The van der Waals surface area contributed by atoms with Crippen molar-refractivity contribution in [3.63, 3.8) is 0 Å². The molecule has 2 aliphatic rings. The molecule has 0 aliphatic carbocycles. The highest BCUT2D eigenvalue weighted by atomic mass is 16.5. The second-order valence-electron chi connectivity index (χ2n) is 6.08. The zero-order chi connectivity index (χ0) is 14.7. The van der Waals surface area contributed by atoms with Crippen molar-refractivity contribution in [3.05, 3.63) is 34.9 Å². The van der Waals surface area contributed by atoms with Gasteiger partial charge in [0.25, 0.3) is 5.91 Å². The molecule has 0 saturated carbocycles. The largest absolute Gasteiger partial charge is 0.379 e. The van der Waals surface area contributed by atoms with E-state index in [-0.39, 0.29) is 11.9 Å². The van der Waals surface area contributed by atoms with Gasteiger partial charge < -0.3 is 15.4 Å². The summed E-state index contributed by atoms with van der Waals surface area (Å²) in [5.74, 6) is 0.618. The number of nitrogens with one attached hydrogen (secondary N) is 2. The topological polar surface area (TPSA) is 50.4 Å². The van der Waals surface area contributed by atoms with Crippen molar-refractivity contribution in [1.29, 1.82) is 0 Å². The van der Waals surface area contributed by atoms with Crippen LogP contribution in [-0.2, 0) is 4.74 Å². The highest BCUT2D eigenvalue weighted by Crippen LogP contribution is 2.29. The predicted octanol–water partition coefficient (Wildman–Crippen LogP) is 1.98. The van der Waals surface area contributed by atoms with Gasteiger partial charge in [0, 0.05) is 12.2 Å². The molecule has 0 spiro atoms. The molecule has 2 fully saturated rings. The van der Waals surface area contributed by atoms with E-state index in [9.17, 15) is 4.79 Å². The van der Waals surface area contributed by atoms with E-state index in [0.717, 1.165) is 50.1 Å². The molecule has 2 aliphatic heterocycles. The van der Waals surface area contributed by atoms with Crippen molar-refractivity contribution in [2.45, 2.75) is 38.1 Å². The molecular weight excluding hydrogens is 264 g/mol. The Kier molecular flexibility index (Phi) is 4.56. The number of ether oxygens (including phenoxy) is 1. The fourth-order valence-corrected chi connectivity index (χ4v) is 3.39. The predicted molar refractivity (Wildman–Crippen MR) is 82.7 cm³/mol. The molecule has 0 radical (unpaired) electrons. The van der Waals surface area contributed by atoms with E-state index in [1.807, 2.05) is 12.1 Å². The molecule has 2 N–H and O–H groups in total. The van der Waals surface area contributed by atoms with Crippen LogP contribution < -0.4 is 10.6 Å². The lowest BCUT2D eigenvalue weighted by molar-refractivity contribution is 0.0929. The quantitative estimate of drug-likeness (QED) is 0.894. The first-order valence-corrected chi connectivity index (χ1v) is 7.94. The summed E-state index contributed by atoms with van der Waals surface area (Å²) in [5, 5.41) is 6.49. The van der Waals surface area contributed by atoms with Crippen molar-refractivity contribution in [2.75, 3.05) is 26.3 Å². The molecule has 1 amide bonds. The van der Waals surface area contributed by atoms with Crippen LogP contribution in [0.5, 0.6) is 0 Å². The van der Waals surface area contributed by atoms with E-state index in [1.165, 1.54) is 5.56 Å². The molecule has 114 valence electrons. The molecule has 4 heteroatoms. The molecule has 21 heavy (non-hydrogen) atoms. The lowest BCUT2D eigenvalue weighted by Gasteiger charge is -2.25. The summed E-state index contributed by atoms with van der Waals surface area (Å²) in [6, 6.07) is 6.30. The molecule has 0 bridgehead atoms. The highest BCUT2D eigenvalue weighted by molar-refractivity contribution is 5.96. The third-order valence-corrected chi connectivity index (χ3v) is 4.66. The second-order valence-corrected chi connectivity index (χ2v) is 6.08. The number of piperidine rings is 1. The van der Waals surface area contributed by atoms with Gasteiger partial charge in [0.1, 0.15) is 0 Å². The van der Waals surface area contributed by atoms with Crippen LogP contribution in [0.1, 0.15) is 46.7 Å². The SMILES string of the molecule is Cc1c(C(=O)NC2CCOC2)cccc1C1CCNCC1. The number of carbonyl (C=O) groups is 1. The zero-order valence-electron chi connectivity index (χ0n) is 12.7. The van der Waals surface area contributed by atoms with Crippen molar-refractivity contribution in [2.24, 2.45) is 0 Å². The van der Waals surface area contributed by atoms with E-state index in [2.05, 4.69) is 23.6 Å². The second kappa shape index (κ2) is 6.58. The molecule has 1 atom stereocenters. The van der Waals surface area contributed by atoms with Crippen LogP contribution >= 0.6 is 0 Å². The maximum absolute atomic E-state index is 12.5. The number of benzene rings is 1. The van der Waals surface area contributed by atoms with Crippen LogP contribution in [0.2, 0.25) is 0 Å². The molecular formula is C17H24N2O2. The number of hydrogen-bond acceptors (Lipinski definition) is 3. The Labute approximate surface area is 126 Å². The van der Waals surface area contributed by atoms with Gasteiger partial charge in [-0.3, -0.25) is 4.79 Å². The fourth-order valence-electron chi connectivity index (χ4n) is 3.39. The molecule has 1 aromatic carbocycles. The molecule has 1 aromatic rings. The monoisotopic (exact) mass is 288 g/mol. The Bertz CT molecular complexity index is 504. The van der Waals surface area contributed by atoms with E-state index in [4.69, 9.17) is 4.74 Å². The van der Waals surface area contributed by atoms with E-state index >= 15 is 0 Å². The molecule has 0 aromatic heterocycles. The highest BCUT2D eigenvalue weighted by Gasteiger charge is 2.22. The van der Waals surface area contributed by atoms with Crippen molar-refractivity contribution in [1.82, 2.24) is 10.6 Å². The minimum absolute atomic E-state index is 0.0405. The van der Waals surface area contributed by atoms with E-state index in [0.29, 0.717) is 12.5 Å². The Balaban J connectivity index is 1.76. The normalized spacial score (nSPS) is 23.2. The molecule has 1 unspecified atom stereocenters. The Morgan fingerprint density at radius 2 is 2.10 bits per heavy atom. The van der Waals surface area contributed by atoms with E-state index < -0.39 is 0 Å². The van der Waals surface area contributed by atoms with Gasteiger partial charge in [0.2, 0.25) is 0 Å². The summed E-state index contributed by atoms with van der Waals surface area (Å²) in [7, 11) is 0. The number of rotatable bonds is 3. The van der Waals surface area contributed by atoms with Crippen LogP contribution in [0, 0.1) is 6.92 Å². The van der Waals surface area contributed by atoms with Gasteiger partial charge in [-0.1, -0.05) is 12.1 Å². The Hall–Kier alpha value is -1.39. The minimum Gasteiger partial charge on any atom is -0.379 e. The first-order chi connectivity index (χ1) is 10.3. The van der Waals surface area contributed by atoms with Crippen LogP contribution in [-0.4, -0.2) is 38.3 Å². The summed E-state index contributed by atoms with van der Waals surface area (Å²) in [6.07, 6.45) is 3.23. The smallest absolute Gasteiger partial charge is 0.251 e. The maximum Gasteiger partial charge on any atom is 0.251 e. The van der Waals surface area contributed by atoms with Gasteiger partial charge in [0.05, 0.1) is 12.6 Å². The van der Waals surface area contributed by atoms with Gasteiger partial charge in [-0.25, -0.2) is 0 Å². The van der Waals surface area contributed by atoms with Gasteiger partial charge >= 0.3 is 0 Å². The Morgan fingerprint density at radius 1 is 1.29 bits per heavy atom. The summed E-state index contributed by atoms with van der Waals surface area (Å²) < 4.78 is 5.32. The standard InChI is InChI=1S/C17H24N2O2/c1-12-15(13-5-8-18-9-6-13)3-2-4-16(12)17(20)19-14-7-10-21-11-14/h2-4,13-14,18H,5-11H2,1H3,(H,19,20). The Morgan fingerprint density at radius 3 is 2.81 bits per heavy atom. The fraction of sp³-hybridized carbons (Fsp3) is 0.588. The van der Waals surface area contributed by atoms with Gasteiger partial charge in [-0.15, -0.1) is 0 Å². The summed E-state index contributed by atoms with van der Waals surface area (Å²) in [4.78, 5) is 12.5. The third kappa shape index (κ3) is 3.27. The summed E-state index contributed by atoms with van der Waals surface area (Å²) in [5.41, 5.74) is 3.30. The maximum atomic E-state index is 12.5. The van der Waals surface area contributed by atoms with Crippen molar-refractivity contribution in [3.8, 4) is 0 Å². The summed E-state index contributed by atoms with van der Waals surface area (Å²) >= 11 is 0. The zero-order valence-corrected chi connectivity index (χ0v) is 12.7. The summed E-state index contributed by atoms with van der Waals surface area (Å²) in [6.45, 7) is 5.61. The van der Waals surface area contributed by atoms with Gasteiger partial charge in [-0.2, -0.15) is 0 Å². The van der Waals surface area contributed by atoms with Gasteiger partial charge in [-0.05, 0) is 62.4 Å². The van der Waals surface area contributed by atoms with Crippen LogP contribution in [0.4, 0.5) is 0 Å². The molecule has 2 saturated heterocycles. The van der Waals surface area contributed by atoms with Crippen molar-refractivity contribution < 1.29 is 9.53 Å². The number of carbonyl (C=O) groups excluding carboxylic acids is 1. The lowest BCUT2D eigenvalue weighted by Crippen LogP contribution is -2.35. The van der Waals surface area contributed by atoms with Crippen LogP contribution in [0.15, 0.2) is 18.2 Å². The first kappa shape index (κ1) is 14.5. The minimum atomic E-state index is 0.0405. The van der Waals surface area contributed by atoms with Crippen LogP contribution in [0.3, 0.4) is 0 Å². The average molecular weight is 288 g/mol.